The molecule has 0 N–H and O–H groups in total. The summed E-state index contributed by atoms with van der Waals surface area (Å²) in [6.45, 7) is 4.92. The second kappa shape index (κ2) is 8.40. The summed E-state index contributed by atoms with van der Waals surface area (Å²) in [5, 5.41) is 0. The lowest BCUT2D eigenvalue weighted by atomic mass is 11.8. The fourth-order valence-corrected chi connectivity index (χ4v) is 118. The molecule has 0 aliphatic rings. The van der Waals surface area contributed by atoms with E-state index in [9.17, 15) is 0 Å². The van der Waals surface area contributed by atoms with Gasteiger partial charge in [0.25, 0.3) is 0 Å². The Morgan fingerprint density at radius 2 is 0.778 bits per heavy atom. The molecule has 178 valence electrons. The third-order valence-corrected chi connectivity index (χ3v) is 112. The van der Waals surface area contributed by atoms with Crippen LogP contribution in [-0.2, 0) is 4.43 Å². The molecule has 0 rings (SSSR count). The Kier molecular flexibility index (Phi) is 9.32. The largest absolute Gasteiger partial charge is 0.411 e. The van der Waals surface area contributed by atoms with E-state index in [0.717, 1.165) is 0 Å². The smallest absolute Gasteiger partial charge is 0.239 e. The third kappa shape index (κ3) is 4.43. The molecule has 0 spiro atoms. The van der Waals surface area contributed by atoms with Gasteiger partial charge in [-0.15, -0.1) is 11.7 Å². The Morgan fingerprint density at radius 1 is 0.519 bits per heavy atom. The van der Waals surface area contributed by atoms with E-state index in [-0.39, 0.29) is 0 Å². The molecule has 0 aromatic carbocycles. The highest BCUT2D eigenvalue weighted by molar-refractivity contribution is 9.77. The number of thiol groups is 1. The van der Waals surface area contributed by atoms with E-state index >= 15 is 0 Å². The van der Waals surface area contributed by atoms with Gasteiger partial charge in [0.2, 0.25) is 7.47 Å². The van der Waals surface area contributed by atoms with Crippen LogP contribution in [0.25, 0.3) is 0 Å². The molecule has 0 amide bonds. The van der Waals surface area contributed by atoms with Crippen LogP contribution in [0.3, 0.4) is 0 Å². The monoisotopic (exact) mass is 556 g/mol. The lowest BCUT2D eigenvalue weighted by Crippen LogP contribution is -2.39. The van der Waals surface area contributed by atoms with Gasteiger partial charge in [0, 0.05) is 7.11 Å². The van der Waals surface area contributed by atoms with Crippen LogP contribution in [0.5, 0.6) is 0 Å². The van der Waals surface area contributed by atoms with Crippen molar-refractivity contribution in [1.29, 1.82) is 0 Å². The van der Waals surface area contributed by atoms with Gasteiger partial charge in [0.1, 0.15) is 0 Å². The lowest BCUT2D eigenvalue weighted by molar-refractivity contribution is 0.423. The molecular weight excluding hydrogens is 505 g/mol. The van der Waals surface area contributed by atoms with Crippen molar-refractivity contribution in [2.75, 3.05) is 94.7 Å². The van der Waals surface area contributed by atoms with E-state index in [1.165, 1.54) is 0 Å². The zero-order valence-corrected chi connectivity index (χ0v) is 28.8. The van der Waals surface area contributed by atoms with E-state index in [1.54, 1.807) is 0 Å². The van der Waals surface area contributed by atoms with E-state index < -0.39 is 64.5 Å². The normalized spacial score (nSPS) is 20.8. The standard InChI is InChI=1S/C17H52OS8Si/c1-18-27(16,17)26(14,15)25(12,13)24(10,11)23(8,9)22(6,7)21(4,5)20(2,3)19/h19H,1-17H3. The zero-order chi connectivity index (χ0) is 22.7. The molecule has 10 heteroatoms. The summed E-state index contributed by atoms with van der Waals surface area (Å²) in [7, 11) is -5.34. The van der Waals surface area contributed by atoms with Crippen LogP contribution in [0.1, 0.15) is 0 Å². The summed E-state index contributed by atoms with van der Waals surface area (Å²) in [5.41, 5.74) is 0. The number of hydrogen-bond donors (Lipinski definition) is 1. The topological polar surface area (TPSA) is 9.23 Å². The minimum atomic E-state index is -1.71. The van der Waals surface area contributed by atoms with Crippen molar-refractivity contribution in [1.82, 2.24) is 0 Å². The van der Waals surface area contributed by atoms with Gasteiger partial charge in [-0.05, 0) is 101 Å². The Bertz CT molecular complexity index is 548. The van der Waals surface area contributed by atoms with Crippen molar-refractivity contribution in [3.63, 3.8) is 0 Å². The molecule has 0 radical (unpaired) electrons. The van der Waals surface area contributed by atoms with Crippen LogP contribution >= 0.6 is 68.7 Å². The molecule has 0 aliphatic heterocycles. The average Bonchev–Trinajstić information content (AvgIpc) is 2.44. The van der Waals surface area contributed by atoms with E-state index in [1.807, 2.05) is 7.11 Å². The predicted octanol–water partition coefficient (Wildman–Crippen LogP) is 8.12. The second-order valence-corrected chi connectivity index (χ2v) is 72.7. The van der Waals surface area contributed by atoms with Gasteiger partial charge in [-0.2, -0.15) is 57.1 Å². The zero-order valence-electron chi connectivity index (χ0n) is 21.2. The SMILES string of the molecule is CO[Si](C)(C)S(C)(C)S(C)(C)S(C)(C)S(C)(C)S(C)(C)S(C)(C)S(C)(C)S. The van der Waals surface area contributed by atoms with Crippen molar-refractivity contribution in [2.24, 2.45) is 0 Å². The molecule has 0 bridgehead atoms. The Balaban J connectivity index is 6.65. The number of rotatable bonds is 8. The van der Waals surface area contributed by atoms with Crippen LogP contribution in [0.4, 0.5) is 0 Å². The predicted molar refractivity (Wildman–Crippen MR) is 170 cm³/mol. The van der Waals surface area contributed by atoms with Crippen molar-refractivity contribution in [3.8, 4) is 0 Å². The average molecular weight is 557 g/mol. The van der Waals surface area contributed by atoms with Gasteiger partial charge in [-0.25, -0.2) is 0 Å². The van der Waals surface area contributed by atoms with Crippen LogP contribution < -0.4 is 0 Å². The maximum atomic E-state index is 6.23. The first-order valence-corrected chi connectivity index (χ1v) is 33.6. The Morgan fingerprint density at radius 3 is 1.04 bits per heavy atom. The fourth-order valence-electron chi connectivity index (χ4n) is 2.68. The molecule has 0 saturated heterocycles. The summed E-state index contributed by atoms with van der Waals surface area (Å²) in [4.78, 5) is 0. The van der Waals surface area contributed by atoms with Crippen LogP contribution in [0.15, 0.2) is 0 Å². The quantitative estimate of drug-likeness (QED) is 0.180. The summed E-state index contributed by atoms with van der Waals surface area (Å²) < 4.78 is 6.23. The number of hydrogen-bond acceptors (Lipinski definition) is 2. The molecule has 0 atom stereocenters. The first-order chi connectivity index (χ1) is 11.3. The van der Waals surface area contributed by atoms with Crippen molar-refractivity contribution >= 4 is 76.2 Å². The maximum Gasteiger partial charge on any atom is 0.239 e. The highest BCUT2D eigenvalue weighted by Gasteiger charge is 2.56. The van der Waals surface area contributed by atoms with Gasteiger partial charge >= 0.3 is 0 Å². The third-order valence-electron chi connectivity index (χ3n) is 7.53. The first-order valence-electron chi connectivity index (χ1n) is 8.71. The van der Waals surface area contributed by atoms with Gasteiger partial charge in [0.05, 0.1) is 0 Å². The van der Waals surface area contributed by atoms with Gasteiger partial charge in [0.15, 0.2) is 0 Å². The first kappa shape index (κ1) is 30.0. The molecule has 27 heavy (non-hydrogen) atoms. The van der Waals surface area contributed by atoms with Gasteiger partial charge < -0.3 is 4.43 Å². The summed E-state index contributed by atoms with van der Waals surface area (Å²) in [5.74, 6) is 0. The fraction of sp³-hybridized carbons (Fsp3) is 1.00. The molecule has 0 aromatic rings. The molecule has 0 aromatic heterocycles. The molecule has 0 saturated carbocycles. The minimum absolute atomic E-state index is 0.772. The van der Waals surface area contributed by atoms with E-state index in [0.29, 0.717) is 0 Å². The highest BCUT2D eigenvalue weighted by atomic mass is 34.0. The molecule has 0 aliphatic carbocycles. The van der Waals surface area contributed by atoms with E-state index in [2.05, 4.69) is 101 Å². The Labute approximate surface area is 186 Å². The highest BCUT2D eigenvalue weighted by Crippen LogP contribution is 3.15. The Hall–Kier alpha value is 2.98. The van der Waals surface area contributed by atoms with Crippen LogP contribution in [0.2, 0.25) is 13.1 Å². The lowest BCUT2D eigenvalue weighted by Gasteiger charge is -2.79. The van der Waals surface area contributed by atoms with Crippen molar-refractivity contribution in [3.05, 3.63) is 0 Å². The second-order valence-electron chi connectivity index (χ2n) is 9.73. The summed E-state index contributed by atoms with van der Waals surface area (Å²) >= 11 is 5.21. The van der Waals surface area contributed by atoms with Crippen molar-refractivity contribution < 1.29 is 4.43 Å². The van der Waals surface area contributed by atoms with Crippen molar-refractivity contribution in [2.45, 2.75) is 13.1 Å². The molecular formula is C17H52OS8Si. The maximum absolute atomic E-state index is 6.23. The van der Waals surface area contributed by atoms with Gasteiger partial charge in [-0.3, -0.25) is 0 Å². The minimum Gasteiger partial charge on any atom is -0.411 e. The van der Waals surface area contributed by atoms with Crippen LogP contribution in [0, 0.1) is 0 Å². The molecule has 1 nitrogen and oxygen atoms in total. The molecule has 0 unspecified atom stereocenters. The summed E-state index contributed by atoms with van der Waals surface area (Å²) in [6.07, 6.45) is 36.8. The summed E-state index contributed by atoms with van der Waals surface area (Å²) in [6, 6.07) is 0. The van der Waals surface area contributed by atoms with Crippen LogP contribution in [-0.4, -0.2) is 102 Å². The van der Waals surface area contributed by atoms with E-state index in [4.69, 9.17) is 16.1 Å². The molecule has 0 fully saturated rings. The van der Waals surface area contributed by atoms with Gasteiger partial charge in [-0.1, -0.05) is 0 Å². The molecule has 0 heterocycles.